The van der Waals surface area contributed by atoms with Gasteiger partial charge >= 0.3 is 5.97 Å². The second kappa shape index (κ2) is 8.29. The highest BCUT2D eigenvalue weighted by atomic mass is 19.1. The third-order valence-corrected chi connectivity index (χ3v) is 4.97. The maximum absolute atomic E-state index is 14.0. The number of benzene rings is 3. The van der Waals surface area contributed by atoms with E-state index in [1.54, 1.807) is 54.6 Å². The lowest BCUT2D eigenvalue weighted by atomic mass is 10.0. The highest BCUT2D eigenvalue weighted by Gasteiger charge is 2.37. The standard InChI is InChI=1S/C24H18FNO4/c25-20-8-4-5-9-21(20)26-15-18(14-22(26)27)24(29)30-19-12-10-17(11-13-19)23(28)16-6-2-1-3-7-16/h1-13,18H,14-15H2/t18-/m1/s1. The number of anilines is 1. The zero-order valence-corrected chi connectivity index (χ0v) is 16.0. The van der Waals surface area contributed by atoms with Gasteiger partial charge in [-0.1, -0.05) is 42.5 Å². The Hall–Kier alpha value is -3.80. The molecule has 4 rings (SSSR count). The van der Waals surface area contributed by atoms with E-state index in [0.29, 0.717) is 11.1 Å². The molecular formula is C24H18FNO4. The number of nitrogens with zero attached hydrogens (tertiary/aromatic N) is 1. The lowest BCUT2D eigenvalue weighted by Crippen LogP contribution is -2.28. The molecule has 0 spiro atoms. The van der Waals surface area contributed by atoms with Gasteiger partial charge in [0, 0.05) is 24.1 Å². The van der Waals surface area contributed by atoms with Crippen LogP contribution in [0.15, 0.2) is 78.9 Å². The number of esters is 1. The second-order valence-corrected chi connectivity index (χ2v) is 7.00. The van der Waals surface area contributed by atoms with Gasteiger partial charge in [0.2, 0.25) is 5.91 Å². The molecule has 1 heterocycles. The first-order chi connectivity index (χ1) is 14.5. The molecule has 3 aromatic carbocycles. The quantitative estimate of drug-likeness (QED) is 0.367. The monoisotopic (exact) mass is 403 g/mol. The van der Waals surface area contributed by atoms with Gasteiger partial charge in [-0.05, 0) is 36.4 Å². The van der Waals surface area contributed by atoms with Crippen LogP contribution in [0.5, 0.6) is 5.75 Å². The number of ether oxygens (including phenoxy) is 1. The SMILES string of the molecule is O=C(c1ccccc1)c1ccc(OC(=O)[C@@H]2CC(=O)N(c3ccccc3F)C2)cc1. The minimum absolute atomic E-state index is 0.0439. The van der Waals surface area contributed by atoms with Crippen molar-refractivity contribution in [2.75, 3.05) is 11.4 Å². The molecule has 5 nitrogen and oxygen atoms in total. The fraction of sp³-hybridized carbons (Fsp3) is 0.125. The molecule has 6 heteroatoms. The molecule has 0 unspecified atom stereocenters. The number of halogens is 1. The van der Waals surface area contributed by atoms with Crippen molar-refractivity contribution < 1.29 is 23.5 Å². The van der Waals surface area contributed by atoms with Crippen molar-refractivity contribution in [3.8, 4) is 5.75 Å². The summed E-state index contributed by atoms with van der Waals surface area (Å²) in [6.07, 6.45) is -0.0439. The Balaban J connectivity index is 1.41. The van der Waals surface area contributed by atoms with Crippen LogP contribution in [0.2, 0.25) is 0 Å². The molecule has 0 N–H and O–H groups in total. The van der Waals surface area contributed by atoms with E-state index in [1.807, 2.05) is 6.07 Å². The van der Waals surface area contributed by atoms with Crippen molar-refractivity contribution in [2.45, 2.75) is 6.42 Å². The number of rotatable bonds is 5. The molecule has 150 valence electrons. The van der Waals surface area contributed by atoms with Crippen LogP contribution in [-0.4, -0.2) is 24.2 Å². The first-order valence-corrected chi connectivity index (χ1v) is 9.49. The van der Waals surface area contributed by atoms with Gasteiger partial charge in [-0.2, -0.15) is 0 Å². The molecule has 0 aromatic heterocycles. The molecule has 1 saturated heterocycles. The van der Waals surface area contributed by atoms with Gasteiger partial charge in [-0.25, -0.2) is 4.39 Å². The molecule has 1 aliphatic heterocycles. The Morgan fingerprint density at radius 2 is 1.50 bits per heavy atom. The number of hydrogen-bond donors (Lipinski definition) is 0. The minimum Gasteiger partial charge on any atom is -0.426 e. The summed E-state index contributed by atoms with van der Waals surface area (Å²) in [7, 11) is 0. The highest BCUT2D eigenvalue weighted by Crippen LogP contribution is 2.28. The predicted molar refractivity (Wildman–Crippen MR) is 109 cm³/mol. The maximum Gasteiger partial charge on any atom is 0.316 e. The van der Waals surface area contributed by atoms with E-state index >= 15 is 0 Å². The number of ketones is 1. The number of carbonyl (C=O) groups excluding carboxylic acids is 3. The van der Waals surface area contributed by atoms with Crippen molar-refractivity contribution in [2.24, 2.45) is 5.92 Å². The van der Waals surface area contributed by atoms with Crippen molar-refractivity contribution in [3.63, 3.8) is 0 Å². The number of para-hydroxylation sites is 1. The van der Waals surface area contributed by atoms with Crippen molar-refractivity contribution in [3.05, 3.63) is 95.8 Å². The summed E-state index contributed by atoms with van der Waals surface area (Å²) in [6, 6.07) is 21.1. The van der Waals surface area contributed by atoms with Gasteiger partial charge in [-0.15, -0.1) is 0 Å². The third kappa shape index (κ3) is 3.98. The fourth-order valence-corrected chi connectivity index (χ4v) is 3.40. The molecule has 3 aromatic rings. The van der Waals surface area contributed by atoms with E-state index in [0.717, 1.165) is 0 Å². The lowest BCUT2D eigenvalue weighted by molar-refractivity contribution is -0.139. The van der Waals surface area contributed by atoms with Gasteiger partial charge in [-0.3, -0.25) is 14.4 Å². The Morgan fingerprint density at radius 3 is 2.20 bits per heavy atom. The fourth-order valence-electron chi connectivity index (χ4n) is 3.40. The smallest absolute Gasteiger partial charge is 0.316 e. The number of carbonyl (C=O) groups is 3. The van der Waals surface area contributed by atoms with Crippen LogP contribution in [-0.2, 0) is 9.59 Å². The van der Waals surface area contributed by atoms with Gasteiger partial charge in [0.1, 0.15) is 11.6 Å². The van der Waals surface area contributed by atoms with Crippen LogP contribution < -0.4 is 9.64 Å². The van der Waals surface area contributed by atoms with E-state index in [2.05, 4.69) is 0 Å². The molecule has 0 aliphatic carbocycles. The van der Waals surface area contributed by atoms with Crippen molar-refractivity contribution in [1.82, 2.24) is 0 Å². The highest BCUT2D eigenvalue weighted by molar-refractivity contribution is 6.09. The molecule has 0 bridgehead atoms. The summed E-state index contributed by atoms with van der Waals surface area (Å²) in [5, 5.41) is 0. The molecule has 1 aliphatic rings. The molecular weight excluding hydrogens is 385 g/mol. The van der Waals surface area contributed by atoms with E-state index in [4.69, 9.17) is 4.74 Å². The van der Waals surface area contributed by atoms with Crippen LogP contribution in [0.4, 0.5) is 10.1 Å². The predicted octanol–water partition coefficient (Wildman–Crippen LogP) is 4.02. The van der Waals surface area contributed by atoms with Crippen LogP contribution >= 0.6 is 0 Å². The summed E-state index contributed by atoms with van der Waals surface area (Å²) in [5.74, 6) is -1.95. The van der Waals surface area contributed by atoms with E-state index in [-0.39, 0.29) is 36.1 Å². The molecule has 30 heavy (non-hydrogen) atoms. The Bertz CT molecular complexity index is 1100. The van der Waals surface area contributed by atoms with Gasteiger partial charge < -0.3 is 9.64 Å². The average molecular weight is 403 g/mol. The zero-order chi connectivity index (χ0) is 21.1. The zero-order valence-electron chi connectivity index (χ0n) is 16.0. The summed E-state index contributed by atoms with van der Waals surface area (Å²) >= 11 is 0. The Morgan fingerprint density at radius 1 is 0.867 bits per heavy atom. The van der Waals surface area contributed by atoms with Crippen LogP contribution in [0.3, 0.4) is 0 Å². The lowest BCUT2D eigenvalue weighted by Gasteiger charge is -2.17. The first-order valence-electron chi connectivity index (χ1n) is 9.49. The third-order valence-electron chi connectivity index (χ3n) is 4.97. The maximum atomic E-state index is 14.0. The Labute approximate surface area is 172 Å². The van der Waals surface area contributed by atoms with Gasteiger partial charge in [0.25, 0.3) is 0 Å². The molecule has 1 amide bonds. The molecule has 0 radical (unpaired) electrons. The normalized spacial score (nSPS) is 15.8. The van der Waals surface area contributed by atoms with Crippen LogP contribution in [0.25, 0.3) is 0 Å². The van der Waals surface area contributed by atoms with E-state index < -0.39 is 17.7 Å². The van der Waals surface area contributed by atoms with Crippen LogP contribution in [0.1, 0.15) is 22.3 Å². The Kier molecular flexibility index (Phi) is 5.39. The van der Waals surface area contributed by atoms with Crippen molar-refractivity contribution in [1.29, 1.82) is 0 Å². The van der Waals surface area contributed by atoms with Gasteiger partial charge in [0.15, 0.2) is 5.78 Å². The average Bonchev–Trinajstić information content (AvgIpc) is 3.16. The molecule has 0 saturated carbocycles. The van der Waals surface area contributed by atoms with E-state index in [1.165, 1.54) is 23.1 Å². The van der Waals surface area contributed by atoms with E-state index in [9.17, 15) is 18.8 Å². The summed E-state index contributed by atoms with van der Waals surface area (Å²) in [5.41, 5.74) is 1.20. The second-order valence-electron chi connectivity index (χ2n) is 7.00. The van der Waals surface area contributed by atoms with Crippen molar-refractivity contribution >= 4 is 23.3 Å². The number of hydrogen-bond acceptors (Lipinski definition) is 4. The van der Waals surface area contributed by atoms with Crippen LogP contribution in [0, 0.1) is 11.7 Å². The summed E-state index contributed by atoms with van der Waals surface area (Å²) < 4.78 is 19.4. The summed E-state index contributed by atoms with van der Waals surface area (Å²) in [4.78, 5) is 38.5. The molecule has 1 fully saturated rings. The summed E-state index contributed by atoms with van der Waals surface area (Å²) in [6.45, 7) is 0.0587. The number of amides is 1. The first kappa shape index (κ1) is 19.5. The molecule has 1 atom stereocenters. The largest absolute Gasteiger partial charge is 0.426 e. The minimum atomic E-state index is -0.692. The topological polar surface area (TPSA) is 63.7 Å². The van der Waals surface area contributed by atoms with Gasteiger partial charge in [0.05, 0.1) is 11.6 Å².